The minimum atomic E-state index is 0.440. The molecule has 1 aromatic rings. The van der Waals surface area contributed by atoms with Gasteiger partial charge in [-0.2, -0.15) is 0 Å². The number of hydrogen-bond donors (Lipinski definition) is 1. The fourth-order valence-corrected chi connectivity index (χ4v) is 3.01. The molecule has 2 atom stereocenters. The topological polar surface area (TPSA) is 15.3 Å². The van der Waals surface area contributed by atoms with Crippen molar-refractivity contribution in [1.82, 2.24) is 10.2 Å². The first-order valence-electron chi connectivity index (χ1n) is 7.57. The number of hydrogen-bond acceptors (Lipinski definition) is 2. The first-order chi connectivity index (χ1) is 9.06. The van der Waals surface area contributed by atoms with E-state index < -0.39 is 0 Å². The van der Waals surface area contributed by atoms with Gasteiger partial charge >= 0.3 is 0 Å². The predicted molar refractivity (Wildman–Crippen MR) is 82.4 cm³/mol. The Labute approximate surface area is 118 Å². The van der Waals surface area contributed by atoms with Gasteiger partial charge < -0.3 is 10.2 Å². The summed E-state index contributed by atoms with van der Waals surface area (Å²) in [6.45, 7) is 9.25. The van der Waals surface area contributed by atoms with Gasteiger partial charge in [0.15, 0.2) is 0 Å². The van der Waals surface area contributed by atoms with Crippen molar-refractivity contribution in [3.05, 3.63) is 35.4 Å². The first kappa shape index (κ1) is 14.5. The number of aryl methyl sites for hydroxylation is 1. The van der Waals surface area contributed by atoms with Crippen molar-refractivity contribution in [3.63, 3.8) is 0 Å². The maximum absolute atomic E-state index is 3.78. The van der Waals surface area contributed by atoms with Gasteiger partial charge in [0.2, 0.25) is 0 Å². The van der Waals surface area contributed by atoms with E-state index in [2.05, 4.69) is 62.3 Å². The average Bonchev–Trinajstić information content (AvgIpc) is 2.40. The Hall–Kier alpha value is -0.860. The fourth-order valence-electron chi connectivity index (χ4n) is 3.01. The van der Waals surface area contributed by atoms with Gasteiger partial charge in [-0.3, -0.25) is 0 Å². The van der Waals surface area contributed by atoms with Crippen molar-refractivity contribution in [2.45, 2.75) is 45.7 Å². The Balaban J connectivity index is 1.87. The second kappa shape index (κ2) is 6.53. The minimum Gasteiger partial charge on any atom is -0.307 e. The molecule has 0 spiro atoms. The lowest BCUT2D eigenvalue weighted by atomic mass is 9.90. The molecule has 0 saturated carbocycles. The molecule has 0 amide bonds. The highest BCUT2D eigenvalue weighted by molar-refractivity contribution is 5.23. The van der Waals surface area contributed by atoms with Crippen molar-refractivity contribution < 1.29 is 0 Å². The third kappa shape index (κ3) is 4.05. The van der Waals surface area contributed by atoms with Gasteiger partial charge in [0.1, 0.15) is 0 Å². The van der Waals surface area contributed by atoms with E-state index in [1.54, 1.807) is 0 Å². The van der Waals surface area contributed by atoms with Crippen LogP contribution in [0.4, 0.5) is 0 Å². The maximum Gasteiger partial charge on any atom is 0.0294 e. The van der Waals surface area contributed by atoms with Crippen molar-refractivity contribution in [2.75, 3.05) is 20.1 Å². The highest BCUT2D eigenvalue weighted by Crippen LogP contribution is 2.22. The molecule has 1 aliphatic rings. The molecule has 1 unspecified atom stereocenters. The SMILES string of the molecule is Cc1ccc([C@H](C)NC(C)C2CCN(C)CC2)cc1. The summed E-state index contributed by atoms with van der Waals surface area (Å²) in [5.41, 5.74) is 2.73. The molecule has 0 aromatic heterocycles. The summed E-state index contributed by atoms with van der Waals surface area (Å²) >= 11 is 0. The van der Waals surface area contributed by atoms with Crippen LogP contribution in [0.5, 0.6) is 0 Å². The molecule has 1 aromatic carbocycles. The molecule has 1 N–H and O–H groups in total. The van der Waals surface area contributed by atoms with E-state index >= 15 is 0 Å². The van der Waals surface area contributed by atoms with Crippen LogP contribution < -0.4 is 5.32 Å². The highest BCUT2D eigenvalue weighted by Gasteiger charge is 2.23. The van der Waals surface area contributed by atoms with Crippen LogP contribution in [0, 0.1) is 12.8 Å². The minimum absolute atomic E-state index is 0.440. The van der Waals surface area contributed by atoms with Crippen LogP contribution in [-0.4, -0.2) is 31.1 Å². The molecule has 106 valence electrons. The third-order valence-electron chi connectivity index (χ3n) is 4.56. The molecule has 2 heteroatoms. The van der Waals surface area contributed by atoms with E-state index in [0.717, 1.165) is 5.92 Å². The van der Waals surface area contributed by atoms with Crippen LogP contribution in [0.1, 0.15) is 43.9 Å². The van der Waals surface area contributed by atoms with Crippen LogP contribution in [0.3, 0.4) is 0 Å². The van der Waals surface area contributed by atoms with Crippen LogP contribution in [0.25, 0.3) is 0 Å². The summed E-state index contributed by atoms with van der Waals surface area (Å²) in [5.74, 6) is 0.823. The van der Waals surface area contributed by atoms with E-state index in [0.29, 0.717) is 12.1 Å². The number of rotatable bonds is 4. The maximum atomic E-state index is 3.78. The molecule has 1 fully saturated rings. The van der Waals surface area contributed by atoms with Crippen molar-refractivity contribution in [2.24, 2.45) is 5.92 Å². The molecule has 19 heavy (non-hydrogen) atoms. The van der Waals surface area contributed by atoms with E-state index in [9.17, 15) is 0 Å². The molecular weight excluding hydrogens is 232 g/mol. The zero-order valence-corrected chi connectivity index (χ0v) is 12.8. The average molecular weight is 260 g/mol. The first-order valence-corrected chi connectivity index (χ1v) is 7.57. The standard InChI is InChI=1S/C17H28N2/c1-13-5-7-16(8-6-13)14(2)18-15(3)17-9-11-19(4)12-10-17/h5-8,14-15,17-18H,9-12H2,1-4H3/t14-,15?/m0/s1. The van der Waals surface area contributed by atoms with Gasteiger partial charge in [-0.15, -0.1) is 0 Å². The lowest BCUT2D eigenvalue weighted by molar-refractivity contribution is 0.185. The number of piperidine rings is 1. The molecule has 2 nitrogen and oxygen atoms in total. The lowest BCUT2D eigenvalue weighted by Gasteiger charge is -2.34. The summed E-state index contributed by atoms with van der Waals surface area (Å²) in [7, 11) is 2.23. The lowest BCUT2D eigenvalue weighted by Crippen LogP contribution is -2.41. The third-order valence-corrected chi connectivity index (χ3v) is 4.56. The van der Waals surface area contributed by atoms with Gasteiger partial charge in [-0.05, 0) is 65.2 Å². The summed E-state index contributed by atoms with van der Waals surface area (Å²) in [6.07, 6.45) is 2.65. The van der Waals surface area contributed by atoms with Crippen molar-refractivity contribution in [1.29, 1.82) is 0 Å². The fraction of sp³-hybridized carbons (Fsp3) is 0.647. The van der Waals surface area contributed by atoms with Crippen molar-refractivity contribution >= 4 is 0 Å². The normalized spacial score (nSPS) is 21.3. The second-order valence-electron chi connectivity index (χ2n) is 6.23. The summed E-state index contributed by atoms with van der Waals surface area (Å²) < 4.78 is 0. The quantitative estimate of drug-likeness (QED) is 0.893. The molecule has 1 aliphatic heterocycles. The smallest absolute Gasteiger partial charge is 0.0294 e. The second-order valence-corrected chi connectivity index (χ2v) is 6.23. The van der Waals surface area contributed by atoms with E-state index in [4.69, 9.17) is 0 Å². The van der Waals surface area contributed by atoms with Crippen LogP contribution >= 0.6 is 0 Å². The zero-order chi connectivity index (χ0) is 13.8. The van der Waals surface area contributed by atoms with Crippen molar-refractivity contribution in [3.8, 4) is 0 Å². The summed E-state index contributed by atoms with van der Waals surface area (Å²) in [5, 5.41) is 3.78. The Kier molecular flexibility index (Phi) is 5.00. The largest absolute Gasteiger partial charge is 0.307 e. The van der Waals surface area contributed by atoms with E-state index in [1.807, 2.05) is 0 Å². The molecule has 2 rings (SSSR count). The summed E-state index contributed by atoms with van der Waals surface area (Å²) in [6, 6.07) is 9.93. The van der Waals surface area contributed by atoms with Crippen LogP contribution in [0.2, 0.25) is 0 Å². The zero-order valence-electron chi connectivity index (χ0n) is 12.8. The van der Waals surface area contributed by atoms with Crippen LogP contribution in [-0.2, 0) is 0 Å². The van der Waals surface area contributed by atoms with Gasteiger partial charge in [-0.1, -0.05) is 29.8 Å². The molecular formula is C17H28N2. The molecule has 0 radical (unpaired) electrons. The summed E-state index contributed by atoms with van der Waals surface area (Å²) in [4.78, 5) is 2.44. The van der Waals surface area contributed by atoms with Crippen LogP contribution in [0.15, 0.2) is 24.3 Å². The molecule has 0 aliphatic carbocycles. The van der Waals surface area contributed by atoms with E-state index in [1.165, 1.54) is 37.1 Å². The monoisotopic (exact) mass is 260 g/mol. The molecule has 1 heterocycles. The highest BCUT2D eigenvalue weighted by atomic mass is 15.1. The number of nitrogens with one attached hydrogen (secondary N) is 1. The molecule has 1 saturated heterocycles. The van der Waals surface area contributed by atoms with Gasteiger partial charge in [0, 0.05) is 12.1 Å². The molecule has 0 bridgehead atoms. The predicted octanol–water partition coefficient (Wildman–Crippen LogP) is 3.38. The Morgan fingerprint density at radius 1 is 1.11 bits per heavy atom. The van der Waals surface area contributed by atoms with E-state index in [-0.39, 0.29) is 0 Å². The Bertz CT molecular complexity index is 377. The Morgan fingerprint density at radius 2 is 1.68 bits per heavy atom. The van der Waals surface area contributed by atoms with Gasteiger partial charge in [0.25, 0.3) is 0 Å². The number of likely N-dealkylation sites (tertiary alicyclic amines) is 1. The number of nitrogens with zero attached hydrogens (tertiary/aromatic N) is 1. The Morgan fingerprint density at radius 3 is 2.26 bits per heavy atom. The number of benzene rings is 1. The van der Waals surface area contributed by atoms with Gasteiger partial charge in [-0.25, -0.2) is 0 Å². The van der Waals surface area contributed by atoms with Gasteiger partial charge in [0.05, 0.1) is 0 Å².